The number of thiazole rings is 1. The number of hydrogen-bond acceptors (Lipinski definition) is 7. The largest absolute Gasteiger partial charge is 0.493 e. The van der Waals surface area contributed by atoms with Gasteiger partial charge in [0.05, 0.1) is 12.1 Å². The lowest BCUT2D eigenvalue weighted by atomic mass is 9.81. The molecule has 3 heterocycles. The van der Waals surface area contributed by atoms with Gasteiger partial charge in [-0.05, 0) is 48.6 Å². The van der Waals surface area contributed by atoms with Crippen molar-refractivity contribution in [3.63, 3.8) is 0 Å². The molecule has 0 unspecified atom stereocenters. The summed E-state index contributed by atoms with van der Waals surface area (Å²) in [6.07, 6.45) is 6.14. The van der Waals surface area contributed by atoms with E-state index in [1.165, 1.54) is 17.4 Å². The van der Waals surface area contributed by atoms with E-state index in [0.717, 1.165) is 35.2 Å². The molecule has 2 aromatic heterocycles. The first-order valence-electron chi connectivity index (χ1n) is 11.3. The average molecular weight is 485 g/mol. The van der Waals surface area contributed by atoms with Gasteiger partial charge in [-0.2, -0.15) is 4.68 Å². The van der Waals surface area contributed by atoms with E-state index in [1.54, 1.807) is 19.1 Å². The van der Waals surface area contributed by atoms with Crippen LogP contribution in [-0.2, 0) is 10.3 Å². The Labute approximate surface area is 199 Å². The molecule has 1 aliphatic heterocycles. The Hall–Kier alpha value is -3.34. The molecular weight excluding hydrogens is 459 g/mol. The van der Waals surface area contributed by atoms with Gasteiger partial charge in [-0.1, -0.05) is 19.4 Å². The van der Waals surface area contributed by atoms with Gasteiger partial charge < -0.3 is 10.1 Å². The summed E-state index contributed by atoms with van der Waals surface area (Å²) < 4.78 is 21.8. The molecule has 178 valence electrons. The number of carbonyl (C=O) groups excluding carboxylic acids is 1. The molecule has 1 saturated carbocycles. The van der Waals surface area contributed by atoms with Crippen LogP contribution in [0.3, 0.4) is 0 Å². The molecule has 1 atom stereocenters. The minimum atomic E-state index is -1.07. The number of H-pyrrole nitrogens is 1. The summed E-state index contributed by atoms with van der Waals surface area (Å²) in [5.74, 6) is -0.0896. The summed E-state index contributed by atoms with van der Waals surface area (Å²) in [6.45, 7) is 4.33. The van der Waals surface area contributed by atoms with Crippen LogP contribution in [0.25, 0.3) is 11.3 Å². The van der Waals surface area contributed by atoms with E-state index in [2.05, 4.69) is 32.7 Å². The third-order valence-electron chi connectivity index (χ3n) is 6.17. The van der Waals surface area contributed by atoms with Crippen molar-refractivity contribution in [3.8, 4) is 5.75 Å². The zero-order valence-corrected chi connectivity index (χ0v) is 19.7. The van der Waals surface area contributed by atoms with Gasteiger partial charge in [-0.3, -0.25) is 4.79 Å². The number of carbonyl (C=O) groups is 1. The van der Waals surface area contributed by atoms with E-state index < -0.39 is 23.0 Å². The average Bonchev–Trinajstić information content (AvgIpc) is 3.38. The molecule has 2 N–H and O–H groups in total. The predicted octanol–water partition coefficient (Wildman–Crippen LogP) is 3.42. The first kappa shape index (κ1) is 22.5. The third kappa shape index (κ3) is 4.15. The number of rotatable bonds is 8. The molecule has 0 saturated heterocycles. The van der Waals surface area contributed by atoms with Gasteiger partial charge in [0.15, 0.2) is 0 Å². The van der Waals surface area contributed by atoms with Crippen LogP contribution in [0.1, 0.15) is 67.3 Å². The Bertz CT molecular complexity index is 1320. The van der Waals surface area contributed by atoms with E-state index in [-0.39, 0.29) is 12.1 Å². The third-order valence-corrected chi connectivity index (χ3v) is 7.39. The molecule has 1 aliphatic carbocycles. The van der Waals surface area contributed by atoms with Gasteiger partial charge in [0, 0.05) is 34.7 Å². The van der Waals surface area contributed by atoms with Crippen molar-refractivity contribution in [3.05, 3.63) is 56.1 Å². The summed E-state index contributed by atoms with van der Waals surface area (Å²) in [5.41, 5.74) is -0.799. The predicted molar refractivity (Wildman–Crippen MR) is 125 cm³/mol. The van der Waals surface area contributed by atoms with Crippen LogP contribution in [0.15, 0.2) is 29.2 Å². The van der Waals surface area contributed by atoms with Gasteiger partial charge in [0.2, 0.25) is 0 Å². The maximum Gasteiger partial charge on any atom is 0.366 e. The highest BCUT2D eigenvalue weighted by Gasteiger charge is 2.42. The topological polar surface area (TPSA) is 115 Å². The fourth-order valence-corrected chi connectivity index (χ4v) is 5.31. The number of unbranched alkanes of at least 4 members (excludes halogenated alkanes) is 1. The summed E-state index contributed by atoms with van der Waals surface area (Å²) in [6, 6.07) is 4.69. The van der Waals surface area contributed by atoms with E-state index in [1.807, 2.05) is 6.20 Å². The normalized spacial score (nSPS) is 20.5. The van der Waals surface area contributed by atoms with Crippen LogP contribution in [0, 0.1) is 5.82 Å². The molecule has 0 spiro atoms. The van der Waals surface area contributed by atoms with Crippen LogP contribution in [0.5, 0.6) is 5.75 Å². The second-order valence-electron chi connectivity index (χ2n) is 8.89. The molecule has 3 aromatic rings. The molecule has 9 nitrogen and oxygen atoms in total. The lowest BCUT2D eigenvalue weighted by molar-refractivity contribution is -0.118. The van der Waals surface area contributed by atoms with Crippen LogP contribution in [0.2, 0.25) is 0 Å². The van der Waals surface area contributed by atoms with Crippen LogP contribution < -0.4 is 15.7 Å². The molecule has 34 heavy (non-hydrogen) atoms. The highest BCUT2D eigenvalue weighted by Crippen LogP contribution is 2.46. The second-order valence-corrected chi connectivity index (χ2v) is 9.96. The number of halogens is 1. The van der Waals surface area contributed by atoms with E-state index in [9.17, 15) is 9.59 Å². The summed E-state index contributed by atoms with van der Waals surface area (Å²) in [4.78, 5) is 31.3. The molecule has 0 bridgehead atoms. The summed E-state index contributed by atoms with van der Waals surface area (Å²) in [7, 11) is 0. The second kappa shape index (κ2) is 8.79. The van der Waals surface area contributed by atoms with Crippen LogP contribution >= 0.6 is 11.3 Å². The van der Waals surface area contributed by atoms with E-state index >= 15 is 4.39 Å². The fourth-order valence-electron chi connectivity index (χ4n) is 4.19. The molecule has 1 fully saturated rings. The number of aromatic amines is 1. The Morgan fingerprint density at radius 2 is 2.15 bits per heavy atom. The Kier molecular flexibility index (Phi) is 5.80. The molecular formula is C23H25FN6O3S. The molecule has 5 rings (SSSR count). The maximum absolute atomic E-state index is 15.3. The van der Waals surface area contributed by atoms with Crippen molar-refractivity contribution in [2.45, 2.75) is 57.4 Å². The van der Waals surface area contributed by atoms with Gasteiger partial charge in [0.25, 0.3) is 5.91 Å². The standard InChI is InChI=1S/C23H25FN6O3S/c1-3-4-9-33-14-7-8-16(17(24)10-14)23(2)11-15(21-25-12-18(34-21)13-5-6-13)19(20(31)26-23)30-22(32)27-28-29-30/h7-8,10,12-13H,3-6,9,11H2,1-2H3,(H,26,31)(H,27,29,32)/t23-/m0/s1. The number of benzene rings is 1. The SMILES string of the molecule is CCCCOc1ccc([C@]2(C)CC(c3ncc(C4CC4)s3)=C(n3nn[nH]c3=O)C(=O)N2)c(F)c1. The minimum absolute atomic E-state index is 0.0489. The number of ether oxygens (including phenoxy) is 1. The lowest BCUT2D eigenvalue weighted by Crippen LogP contribution is -2.49. The smallest absolute Gasteiger partial charge is 0.366 e. The van der Waals surface area contributed by atoms with Crippen molar-refractivity contribution in [1.29, 1.82) is 0 Å². The number of nitrogens with one attached hydrogen (secondary N) is 2. The van der Waals surface area contributed by atoms with Crippen LogP contribution in [-0.4, -0.2) is 37.7 Å². The first-order chi connectivity index (χ1) is 16.4. The van der Waals surface area contributed by atoms with E-state index in [0.29, 0.717) is 34.4 Å². The number of hydrogen-bond donors (Lipinski definition) is 2. The number of aromatic nitrogens is 5. The van der Waals surface area contributed by atoms with Gasteiger partial charge in [-0.25, -0.2) is 19.3 Å². The highest BCUT2D eigenvalue weighted by molar-refractivity contribution is 7.13. The van der Waals surface area contributed by atoms with Gasteiger partial charge in [0.1, 0.15) is 22.3 Å². The maximum atomic E-state index is 15.3. The van der Waals surface area contributed by atoms with Crippen molar-refractivity contribution in [2.24, 2.45) is 0 Å². The molecule has 1 aromatic carbocycles. The molecule has 1 amide bonds. The molecule has 11 heteroatoms. The summed E-state index contributed by atoms with van der Waals surface area (Å²) >= 11 is 1.50. The Morgan fingerprint density at radius 3 is 2.82 bits per heavy atom. The fraction of sp³-hybridized carbons (Fsp3) is 0.435. The quantitative estimate of drug-likeness (QED) is 0.474. The van der Waals surface area contributed by atoms with Crippen LogP contribution in [0.4, 0.5) is 4.39 Å². The highest BCUT2D eigenvalue weighted by atomic mass is 32.1. The molecule has 2 aliphatic rings. The number of tetrazole rings is 1. The van der Waals surface area contributed by atoms with Crippen molar-refractivity contribution in [2.75, 3.05) is 6.61 Å². The number of amides is 1. The monoisotopic (exact) mass is 484 g/mol. The zero-order chi connectivity index (χ0) is 23.9. The van der Waals surface area contributed by atoms with Crippen molar-refractivity contribution >= 4 is 28.5 Å². The minimum Gasteiger partial charge on any atom is -0.493 e. The van der Waals surface area contributed by atoms with Crippen molar-refractivity contribution in [1.82, 2.24) is 30.5 Å². The molecule has 0 radical (unpaired) electrons. The van der Waals surface area contributed by atoms with Gasteiger partial charge in [-0.15, -0.1) is 11.3 Å². The van der Waals surface area contributed by atoms with E-state index in [4.69, 9.17) is 4.74 Å². The Morgan fingerprint density at radius 1 is 1.32 bits per heavy atom. The first-order valence-corrected chi connectivity index (χ1v) is 12.2. The van der Waals surface area contributed by atoms with Crippen molar-refractivity contribution < 1.29 is 13.9 Å². The lowest BCUT2D eigenvalue weighted by Gasteiger charge is -2.36. The summed E-state index contributed by atoms with van der Waals surface area (Å²) in [5, 5.41) is 13.0. The number of nitrogens with zero attached hydrogens (tertiary/aromatic N) is 4. The Balaban J connectivity index is 1.55. The van der Waals surface area contributed by atoms with Gasteiger partial charge >= 0.3 is 5.69 Å². The zero-order valence-electron chi connectivity index (χ0n) is 18.9.